The van der Waals surface area contributed by atoms with Gasteiger partial charge in [-0.25, -0.2) is 9.82 Å². The summed E-state index contributed by atoms with van der Waals surface area (Å²) in [6, 6.07) is 9.01. The van der Waals surface area contributed by atoms with Crippen molar-refractivity contribution < 1.29 is 4.39 Å². The van der Waals surface area contributed by atoms with Crippen LogP contribution >= 0.6 is 39.1 Å². The Bertz CT molecular complexity index is 607. The predicted octanol–water partition coefficient (Wildman–Crippen LogP) is 4.45. The van der Waals surface area contributed by atoms with Gasteiger partial charge in [-0.2, -0.15) is 0 Å². The summed E-state index contributed by atoms with van der Waals surface area (Å²) in [4.78, 5) is 0. The summed E-state index contributed by atoms with van der Waals surface area (Å²) in [6.07, 6.45) is 0. The largest absolute Gasteiger partial charge is 0.271 e. The maximum absolute atomic E-state index is 13.4. The smallest absolute Gasteiger partial charge is 0.123 e. The van der Waals surface area contributed by atoms with E-state index in [-0.39, 0.29) is 5.82 Å². The second-order valence-electron chi connectivity index (χ2n) is 3.93. The van der Waals surface area contributed by atoms with Crippen LogP contribution in [0.5, 0.6) is 0 Å². The van der Waals surface area contributed by atoms with Gasteiger partial charge >= 0.3 is 0 Å². The topological polar surface area (TPSA) is 38.0 Å². The number of hydrazine groups is 1. The fraction of sp³-hybridized carbons (Fsp3) is 0.0769. The molecule has 0 saturated heterocycles. The van der Waals surface area contributed by atoms with Gasteiger partial charge in [-0.05, 0) is 41.5 Å². The quantitative estimate of drug-likeness (QED) is 0.624. The molecule has 6 heteroatoms. The van der Waals surface area contributed by atoms with Crippen LogP contribution in [0.25, 0.3) is 0 Å². The van der Waals surface area contributed by atoms with Gasteiger partial charge in [-0.1, -0.05) is 45.2 Å². The third kappa shape index (κ3) is 3.27. The number of rotatable bonds is 3. The van der Waals surface area contributed by atoms with Crippen molar-refractivity contribution in [2.24, 2.45) is 5.84 Å². The molecule has 1 unspecified atom stereocenters. The van der Waals surface area contributed by atoms with E-state index in [1.54, 1.807) is 18.2 Å². The van der Waals surface area contributed by atoms with Gasteiger partial charge < -0.3 is 0 Å². The Morgan fingerprint density at radius 1 is 1.11 bits per heavy atom. The molecule has 2 aromatic carbocycles. The van der Waals surface area contributed by atoms with E-state index in [2.05, 4.69) is 21.4 Å². The van der Waals surface area contributed by atoms with Gasteiger partial charge in [-0.15, -0.1) is 0 Å². The Balaban J connectivity index is 2.52. The van der Waals surface area contributed by atoms with E-state index in [9.17, 15) is 4.39 Å². The molecule has 2 rings (SSSR count). The molecule has 0 saturated carbocycles. The maximum Gasteiger partial charge on any atom is 0.123 e. The highest BCUT2D eigenvalue weighted by Gasteiger charge is 2.19. The fourth-order valence-corrected chi connectivity index (χ4v) is 2.96. The van der Waals surface area contributed by atoms with Gasteiger partial charge in [0.2, 0.25) is 0 Å². The van der Waals surface area contributed by atoms with E-state index in [0.29, 0.717) is 15.6 Å². The molecule has 0 spiro atoms. The Kier molecular flexibility index (Phi) is 4.81. The van der Waals surface area contributed by atoms with Crippen LogP contribution < -0.4 is 11.3 Å². The third-order valence-corrected chi connectivity index (χ3v) is 3.98. The highest BCUT2D eigenvalue weighted by molar-refractivity contribution is 9.10. The summed E-state index contributed by atoms with van der Waals surface area (Å²) < 4.78 is 14.1. The first-order valence-corrected chi connectivity index (χ1v) is 6.94. The van der Waals surface area contributed by atoms with Gasteiger partial charge in [0, 0.05) is 14.5 Å². The van der Waals surface area contributed by atoms with Crippen LogP contribution in [0.2, 0.25) is 10.0 Å². The third-order valence-electron chi connectivity index (χ3n) is 2.71. The van der Waals surface area contributed by atoms with E-state index in [0.717, 1.165) is 10.0 Å². The summed E-state index contributed by atoms with van der Waals surface area (Å²) in [5.41, 5.74) is 4.02. The van der Waals surface area contributed by atoms with Gasteiger partial charge in [0.1, 0.15) is 5.82 Å². The van der Waals surface area contributed by atoms with Gasteiger partial charge in [0.25, 0.3) is 0 Å². The number of nitrogens with one attached hydrogen (secondary N) is 1. The minimum Gasteiger partial charge on any atom is -0.271 e. The Labute approximate surface area is 128 Å². The lowest BCUT2D eigenvalue weighted by Gasteiger charge is -2.19. The molecule has 0 bridgehead atoms. The summed E-state index contributed by atoms with van der Waals surface area (Å²) in [7, 11) is 0. The first-order chi connectivity index (χ1) is 9.02. The molecule has 0 heterocycles. The van der Waals surface area contributed by atoms with Crippen molar-refractivity contribution in [2.75, 3.05) is 0 Å². The molecule has 2 nitrogen and oxygen atoms in total. The Morgan fingerprint density at radius 2 is 1.84 bits per heavy atom. The lowest BCUT2D eigenvalue weighted by molar-refractivity contribution is 0.604. The molecule has 0 amide bonds. The zero-order valence-corrected chi connectivity index (χ0v) is 12.7. The molecule has 100 valence electrons. The summed E-state index contributed by atoms with van der Waals surface area (Å²) >= 11 is 15.4. The molecule has 0 aliphatic heterocycles. The van der Waals surface area contributed by atoms with Crippen molar-refractivity contribution in [3.8, 4) is 0 Å². The van der Waals surface area contributed by atoms with Crippen molar-refractivity contribution in [2.45, 2.75) is 6.04 Å². The molecule has 0 fully saturated rings. The van der Waals surface area contributed by atoms with Crippen molar-refractivity contribution in [3.05, 3.63) is 67.9 Å². The number of benzene rings is 2. The molecule has 0 aliphatic rings. The molecule has 0 aromatic heterocycles. The maximum atomic E-state index is 13.4. The average molecular weight is 364 g/mol. The van der Waals surface area contributed by atoms with Crippen molar-refractivity contribution >= 4 is 39.1 Å². The van der Waals surface area contributed by atoms with Crippen LogP contribution in [0.15, 0.2) is 40.9 Å². The minimum absolute atomic E-state index is 0.371. The highest BCUT2D eigenvalue weighted by Crippen LogP contribution is 2.33. The van der Waals surface area contributed by atoms with E-state index < -0.39 is 6.04 Å². The van der Waals surface area contributed by atoms with Crippen LogP contribution in [0, 0.1) is 5.82 Å². The minimum atomic E-state index is -0.435. The van der Waals surface area contributed by atoms with Crippen LogP contribution in [0.4, 0.5) is 4.39 Å². The lowest BCUT2D eigenvalue weighted by atomic mass is 9.99. The SMILES string of the molecule is NNC(c1cc(F)ccc1Cl)c1ccc(Cl)cc1Br. The van der Waals surface area contributed by atoms with E-state index in [4.69, 9.17) is 29.0 Å². The number of hydrogen-bond donors (Lipinski definition) is 2. The zero-order chi connectivity index (χ0) is 14.0. The van der Waals surface area contributed by atoms with Crippen molar-refractivity contribution in [3.63, 3.8) is 0 Å². The summed E-state index contributed by atoms with van der Waals surface area (Å²) in [6.45, 7) is 0. The van der Waals surface area contributed by atoms with E-state index >= 15 is 0 Å². The molecule has 0 radical (unpaired) electrons. The van der Waals surface area contributed by atoms with Crippen LogP contribution in [-0.4, -0.2) is 0 Å². The molecule has 19 heavy (non-hydrogen) atoms. The Hall–Kier alpha value is -0.650. The summed E-state index contributed by atoms with van der Waals surface area (Å²) in [5.74, 6) is 5.21. The number of hydrogen-bond acceptors (Lipinski definition) is 2. The van der Waals surface area contributed by atoms with Crippen LogP contribution in [0.3, 0.4) is 0 Å². The highest BCUT2D eigenvalue weighted by atomic mass is 79.9. The average Bonchev–Trinajstić information content (AvgIpc) is 2.36. The Morgan fingerprint density at radius 3 is 2.47 bits per heavy atom. The molecule has 1 atom stereocenters. The first kappa shape index (κ1) is 14.8. The van der Waals surface area contributed by atoms with Crippen LogP contribution in [0.1, 0.15) is 17.2 Å². The van der Waals surface area contributed by atoms with Gasteiger partial charge in [0.05, 0.1) is 6.04 Å². The predicted molar refractivity (Wildman–Crippen MR) is 79.7 cm³/mol. The first-order valence-electron chi connectivity index (χ1n) is 5.39. The standard InChI is InChI=1S/C13H10BrCl2FN2/c14-11-5-7(15)1-3-9(11)13(19-18)10-6-8(17)2-4-12(10)16/h1-6,13,19H,18H2. The molecule has 0 aliphatic carbocycles. The molecule has 3 N–H and O–H groups in total. The van der Waals surface area contributed by atoms with E-state index in [1.807, 2.05) is 0 Å². The zero-order valence-electron chi connectivity index (χ0n) is 9.63. The van der Waals surface area contributed by atoms with Gasteiger partial charge in [0.15, 0.2) is 0 Å². The van der Waals surface area contributed by atoms with Crippen molar-refractivity contribution in [1.29, 1.82) is 0 Å². The van der Waals surface area contributed by atoms with Gasteiger partial charge in [-0.3, -0.25) is 5.84 Å². The molecular formula is C13H10BrCl2FN2. The second kappa shape index (κ2) is 6.20. The summed E-state index contributed by atoms with van der Waals surface area (Å²) in [5, 5.41) is 1.03. The number of halogens is 4. The van der Waals surface area contributed by atoms with Crippen molar-refractivity contribution in [1.82, 2.24) is 5.43 Å². The molecular weight excluding hydrogens is 354 g/mol. The van der Waals surface area contributed by atoms with E-state index in [1.165, 1.54) is 18.2 Å². The lowest BCUT2D eigenvalue weighted by Crippen LogP contribution is -2.29. The number of nitrogens with two attached hydrogens (primary N) is 1. The normalized spacial score (nSPS) is 12.5. The van der Waals surface area contributed by atoms with Crippen LogP contribution in [-0.2, 0) is 0 Å². The monoisotopic (exact) mass is 362 g/mol. The molecule has 2 aromatic rings. The fourth-order valence-electron chi connectivity index (χ4n) is 1.82. The second-order valence-corrected chi connectivity index (χ2v) is 5.63.